The fourth-order valence-electron chi connectivity index (χ4n) is 1.43. The number of rotatable bonds is 4. The summed E-state index contributed by atoms with van der Waals surface area (Å²) in [6, 6.07) is 4.86. The Hall–Kier alpha value is -0.760. The standard InChI is InChI=1S/C12H16ClFO/c1-8(2)6-10(13)9-4-5-12(15-3)11(14)7-9/h4-5,7-8,10H,6H2,1-3H3. The molecule has 0 saturated carbocycles. The fourth-order valence-corrected chi connectivity index (χ4v) is 1.92. The smallest absolute Gasteiger partial charge is 0.165 e. The molecule has 1 aromatic carbocycles. The predicted octanol–water partition coefficient (Wildman–Crippen LogP) is 4.16. The summed E-state index contributed by atoms with van der Waals surface area (Å²) in [6.07, 6.45) is 0.841. The Kier molecular flexibility index (Phi) is 4.40. The Balaban J connectivity index is 2.82. The molecular formula is C12H16ClFO. The topological polar surface area (TPSA) is 9.23 Å². The van der Waals surface area contributed by atoms with Gasteiger partial charge in [-0.05, 0) is 30.0 Å². The predicted molar refractivity (Wildman–Crippen MR) is 61.0 cm³/mol. The van der Waals surface area contributed by atoms with E-state index in [0.29, 0.717) is 5.92 Å². The Morgan fingerprint density at radius 1 is 1.40 bits per heavy atom. The van der Waals surface area contributed by atoms with E-state index < -0.39 is 0 Å². The average Bonchev–Trinajstić information content (AvgIpc) is 2.16. The second-order valence-corrected chi connectivity index (χ2v) is 4.52. The normalized spacial score (nSPS) is 12.9. The van der Waals surface area contributed by atoms with Gasteiger partial charge in [0.05, 0.1) is 12.5 Å². The van der Waals surface area contributed by atoms with Crippen LogP contribution in [0.4, 0.5) is 4.39 Å². The molecule has 0 heterocycles. The molecule has 0 saturated heterocycles. The molecule has 0 amide bonds. The quantitative estimate of drug-likeness (QED) is 0.706. The first-order chi connectivity index (χ1) is 7.04. The van der Waals surface area contributed by atoms with E-state index in [4.69, 9.17) is 16.3 Å². The molecule has 0 spiro atoms. The molecule has 15 heavy (non-hydrogen) atoms. The molecule has 0 aromatic heterocycles. The first kappa shape index (κ1) is 12.3. The molecule has 1 nitrogen and oxygen atoms in total. The highest BCUT2D eigenvalue weighted by atomic mass is 35.5. The number of hydrogen-bond donors (Lipinski definition) is 0. The van der Waals surface area contributed by atoms with Crippen LogP contribution in [0.1, 0.15) is 31.2 Å². The third kappa shape index (κ3) is 3.38. The van der Waals surface area contributed by atoms with Gasteiger partial charge in [-0.3, -0.25) is 0 Å². The van der Waals surface area contributed by atoms with Gasteiger partial charge in [-0.25, -0.2) is 4.39 Å². The maximum atomic E-state index is 13.4. The lowest BCUT2D eigenvalue weighted by Crippen LogP contribution is -1.98. The Morgan fingerprint density at radius 3 is 2.53 bits per heavy atom. The number of halogens is 2. The first-order valence-corrected chi connectivity index (χ1v) is 5.45. The van der Waals surface area contributed by atoms with E-state index in [0.717, 1.165) is 12.0 Å². The van der Waals surface area contributed by atoms with Crippen LogP contribution < -0.4 is 4.74 Å². The highest BCUT2D eigenvalue weighted by Gasteiger charge is 2.12. The number of ether oxygens (including phenoxy) is 1. The van der Waals surface area contributed by atoms with E-state index in [1.54, 1.807) is 6.07 Å². The molecular weight excluding hydrogens is 215 g/mol. The lowest BCUT2D eigenvalue weighted by Gasteiger charge is -2.13. The van der Waals surface area contributed by atoms with Crippen LogP contribution in [0.25, 0.3) is 0 Å². The second kappa shape index (κ2) is 5.36. The summed E-state index contributed by atoms with van der Waals surface area (Å²) in [4.78, 5) is 0. The largest absolute Gasteiger partial charge is 0.494 e. The van der Waals surface area contributed by atoms with Gasteiger partial charge in [0.1, 0.15) is 0 Å². The van der Waals surface area contributed by atoms with Crippen molar-refractivity contribution in [2.45, 2.75) is 25.6 Å². The summed E-state index contributed by atoms with van der Waals surface area (Å²) < 4.78 is 18.2. The van der Waals surface area contributed by atoms with Crippen molar-refractivity contribution in [1.29, 1.82) is 0 Å². The Bertz CT molecular complexity index is 325. The van der Waals surface area contributed by atoms with Crippen LogP contribution in [-0.2, 0) is 0 Å². The molecule has 0 fully saturated rings. The minimum absolute atomic E-state index is 0.134. The Labute approximate surface area is 95.2 Å². The Morgan fingerprint density at radius 2 is 2.07 bits per heavy atom. The van der Waals surface area contributed by atoms with Crippen molar-refractivity contribution < 1.29 is 9.13 Å². The van der Waals surface area contributed by atoms with Crippen molar-refractivity contribution in [3.05, 3.63) is 29.6 Å². The van der Waals surface area contributed by atoms with Crippen molar-refractivity contribution in [3.63, 3.8) is 0 Å². The zero-order chi connectivity index (χ0) is 11.4. The number of hydrogen-bond acceptors (Lipinski definition) is 1. The molecule has 1 unspecified atom stereocenters. The molecule has 3 heteroatoms. The lowest BCUT2D eigenvalue weighted by molar-refractivity contribution is 0.386. The molecule has 0 bridgehead atoms. The van der Waals surface area contributed by atoms with Gasteiger partial charge in [-0.15, -0.1) is 11.6 Å². The summed E-state index contributed by atoms with van der Waals surface area (Å²) in [5.41, 5.74) is 0.809. The van der Waals surface area contributed by atoms with Gasteiger partial charge >= 0.3 is 0 Å². The summed E-state index contributed by atoms with van der Waals surface area (Å²) in [5.74, 6) is 0.397. The van der Waals surface area contributed by atoms with Crippen LogP contribution in [0.5, 0.6) is 5.75 Å². The third-order valence-corrected chi connectivity index (χ3v) is 2.65. The summed E-state index contributed by atoms with van der Waals surface area (Å²) >= 11 is 6.16. The SMILES string of the molecule is COc1ccc(C(Cl)CC(C)C)cc1F. The minimum atomic E-state index is -0.357. The van der Waals surface area contributed by atoms with Gasteiger partial charge in [-0.2, -0.15) is 0 Å². The average molecular weight is 231 g/mol. The molecule has 84 valence electrons. The van der Waals surface area contributed by atoms with Crippen molar-refractivity contribution in [2.24, 2.45) is 5.92 Å². The van der Waals surface area contributed by atoms with Crippen molar-refractivity contribution >= 4 is 11.6 Å². The monoisotopic (exact) mass is 230 g/mol. The summed E-state index contributed by atoms with van der Waals surface area (Å²) in [5, 5.41) is -0.134. The maximum absolute atomic E-state index is 13.4. The highest BCUT2D eigenvalue weighted by Crippen LogP contribution is 2.30. The van der Waals surface area contributed by atoms with E-state index in [1.807, 2.05) is 6.07 Å². The minimum Gasteiger partial charge on any atom is -0.494 e. The zero-order valence-corrected chi connectivity index (χ0v) is 10.0. The van der Waals surface area contributed by atoms with E-state index in [-0.39, 0.29) is 16.9 Å². The van der Waals surface area contributed by atoms with E-state index in [1.165, 1.54) is 13.2 Å². The van der Waals surface area contributed by atoms with E-state index in [9.17, 15) is 4.39 Å². The number of alkyl halides is 1. The summed E-state index contributed by atoms with van der Waals surface area (Å²) in [6.45, 7) is 4.19. The molecule has 0 aliphatic rings. The number of methoxy groups -OCH3 is 1. The van der Waals surface area contributed by atoms with Gasteiger partial charge in [0.15, 0.2) is 11.6 Å². The molecule has 0 aliphatic carbocycles. The first-order valence-electron chi connectivity index (χ1n) is 5.02. The molecule has 1 aromatic rings. The van der Waals surface area contributed by atoms with Gasteiger partial charge in [0.2, 0.25) is 0 Å². The lowest BCUT2D eigenvalue weighted by atomic mass is 10.0. The molecule has 0 aliphatic heterocycles. The molecule has 1 rings (SSSR count). The van der Waals surface area contributed by atoms with E-state index in [2.05, 4.69) is 13.8 Å². The van der Waals surface area contributed by atoms with Crippen LogP contribution >= 0.6 is 11.6 Å². The maximum Gasteiger partial charge on any atom is 0.165 e. The van der Waals surface area contributed by atoms with Crippen molar-refractivity contribution in [3.8, 4) is 5.75 Å². The van der Waals surface area contributed by atoms with Crippen LogP contribution in [0.15, 0.2) is 18.2 Å². The van der Waals surface area contributed by atoms with Gasteiger partial charge in [0.25, 0.3) is 0 Å². The molecule has 1 atom stereocenters. The number of benzene rings is 1. The molecule has 0 N–H and O–H groups in total. The zero-order valence-electron chi connectivity index (χ0n) is 9.26. The van der Waals surface area contributed by atoms with Crippen LogP contribution in [0.3, 0.4) is 0 Å². The summed E-state index contributed by atoms with van der Waals surface area (Å²) in [7, 11) is 1.45. The van der Waals surface area contributed by atoms with Crippen molar-refractivity contribution in [2.75, 3.05) is 7.11 Å². The molecule has 0 radical (unpaired) electrons. The van der Waals surface area contributed by atoms with Gasteiger partial charge in [0, 0.05) is 0 Å². The second-order valence-electron chi connectivity index (χ2n) is 3.99. The van der Waals surface area contributed by atoms with Crippen molar-refractivity contribution in [1.82, 2.24) is 0 Å². The van der Waals surface area contributed by atoms with Gasteiger partial charge < -0.3 is 4.74 Å². The van der Waals surface area contributed by atoms with Crippen LogP contribution in [0.2, 0.25) is 0 Å². The van der Waals surface area contributed by atoms with Crippen LogP contribution in [0, 0.1) is 11.7 Å². The highest BCUT2D eigenvalue weighted by molar-refractivity contribution is 6.20. The van der Waals surface area contributed by atoms with E-state index >= 15 is 0 Å². The third-order valence-electron chi connectivity index (χ3n) is 2.22. The fraction of sp³-hybridized carbons (Fsp3) is 0.500. The van der Waals surface area contributed by atoms with Crippen LogP contribution in [-0.4, -0.2) is 7.11 Å². The van der Waals surface area contributed by atoms with Gasteiger partial charge in [-0.1, -0.05) is 19.9 Å².